The zero-order valence-corrected chi connectivity index (χ0v) is 11.0. The van der Waals surface area contributed by atoms with Crippen LogP contribution in [-0.2, 0) is 29.2 Å². The van der Waals surface area contributed by atoms with Gasteiger partial charge in [-0.1, -0.05) is 0 Å². The van der Waals surface area contributed by atoms with Gasteiger partial charge in [-0.15, -0.1) is 0 Å². The van der Waals surface area contributed by atoms with E-state index in [9.17, 15) is 4.79 Å². The first-order chi connectivity index (χ1) is 9.08. The van der Waals surface area contributed by atoms with Crippen LogP contribution in [0.5, 0.6) is 0 Å². The van der Waals surface area contributed by atoms with Crippen molar-refractivity contribution in [2.75, 3.05) is 5.73 Å². The van der Waals surface area contributed by atoms with Gasteiger partial charge in [0.1, 0.15) is 19.0 Å². The summed E-state index contributed by atoms with van der Waals surface area (Å²) in [6.45, 7) is 4.91. The Hall–Kier alpha value is -2.31. The van der Waals surface area contributed by atoms with E-state index in [1.54, 1.807) is 12.3 Å². The Morgan fingerprint density at radius 2 is 2.26 bits per heavy atom. The SMILES string of the molecule is CCn1nc(C)cc1COC(=O)Cn1ccc(N)n1. The van der Waals surface area contributed by atoms with Crippen molar-refractivity contribution in [3.63, 3.8) is 0 Å². The highest BCUT2D eigenvalue weighted by Crippen LogP contribution is 2.06. The van der Waals surface area contributed by atoms with E-state index >= 15 is 0 Å². The van der Waals surface area contributed by atoms with E-state index in [4.69, 9.17) is 10.5 Å². The minimum absolute atomic E-state index is 0.0520. The lowest BCUT2D eigenvalue weighted by molar-refractivity contribution is -0.146. The van der Waals surface area contributed by atoms with Crippen molar-refractivity contribution in [1.29, 1.82) is 0 Å². The summed E-state index contributed by atoms with van der Waals surface area (Å²) in [5, 5.41) is 8.21. The lowest BCUT2D eigenvalue weighted by Crippen LogP contribution is -2.15. The van der Waals surface area contributed by atoms with Crippen LogP contribution in [0.25, 0.3) is 0 Å². The number of nitrogen functional groups attached to an aromatic ring is 1. The molecule has 2 rings (SSSR count). The summed E-state index contributed by atoms with van der Waals surface area (Å²) >= 11 is 0. The molecule has 0 bridgehead atoms. The number of nitrogens with zero attached hydrogens (tertiary/aromatic N) is 4. The molecular formula is C12H17N5O2. The molecule has 0 saturated carbocycles. The highest BCUT2D eigenvalue weighted by molar-refractivity contribution is 5.69. The van der Waals surface area contributed by atoms with Gasteiger partial charge in [-0.25, -0.2) is 0 Å². The fourth-order valence-corrected chi connectivity index (χ4v) is 1.79. The second kappa shape index (κ2) is 5.55. The van der Waals surface area contributed by atoms with Crippen LogP contribution < -0.4 is 5.73 Å². The summed E-state index contributed by atoms with van der Waals surface area (Å²) in [4.78, 5) is 11.6. The number of aryl methyl sites for hydroxylation is 2. The number of hydrogen-bond donors (Lipinski definition) is 1. The number of esters is 1. The van der Waals surface area contributed by atoms with Crippen LogP contribution in [0.2, 0.25) is 0 Å². The molecule has 0 saturated heterocycles. The van der Waals surface area contributed by atoms with Crippen molar-refractivity contribution >= 4 is 11.8 Å². The molecule has 2 heterocycles. The first kappa shape index (κ1) is 13.1. The molecule has 2 aromatic heterocycles. The van der Waals surface area contributed by atoms with E-state index in [1.165, 1.54) is 4.68 Å². The van der Waals surface area contributed by atoms with Gasteiger partial charge in [0.15, 0.2) is 0 Å². The molecule has 0 atom stereocenters. The van der Waals surface area contributed by atoms with E-state index in [0.29, 0.717) is 5.82 Å². The minimum atomic E-state index is -0.357. The van der Waals surface area contributed by atoms with Crippen molar-refractivity contribution in [2.24, 2.45) is 0 Å². The van der Waals surface area contributed by atoms with Gasteiger partial charge in [0.2, 0.25) is 0 Å². The molecule has 0 spiro atoms. The van der Waals surface area contributed by atoms with E-state index in [2.05, 4.69) is 10.2 Å². The number of hydrogen-bond acceptors (Lipinski definition) is 5. The van der Waals surface area contributed by atoms with Crippen LogP contribution in [0.15, 0.2) is 18.3 Å². The summed E-state index contributed by atoms with van der Waals surface area (Å²) in [6.07, 6.45) is 1.64. The van der Waals surface area contributed by atoms with Gasteiger partial charge in [-0.3, -0.25) is 14.2 Å². The van der Waals surface area contributed by atoms with Crippen LogP contribution in [0.1, 0.15) is 18.3 Å². The van der Waals surface area contributed by atoms with E-state index in [0.717, 1.165) is 17.9 Å². The molecular weight excluding hydrogens is 246 g/mol. The van der Waals surface area contributed by atoms with Crippen LogP contribution in [-0.4, -0.2) is 25.5 Å². The van der Waals surface area contributed by atoms with Gasteiger partial charge in [0, 0.05) is 12.7 Å². The maximum absolute atomic E-state index is 11.6. The maximum Gasteiger partial charge on any atom is 0.328 e. The Balaban J connectivity index is 1.89. The summed E-state index contributed by atoms with van der Waals surface area (Å²) in [5.41, 5.74) is 7.26. The highest BCUT2D eigenvalue weighted by Gasteiger charge is 2.09. The molecule has 0 unspecified atom stereocenters. The fourth-order valence-electron chi connectivity index (χ4n) is 1.79. The average molecular weight is 263 g/mol. The number of aromatic nitrogens is 4. The first-order valence-electron chi connectivity index (χ1n) is 6.06. The van der Waals surface area contributed by atoms with Crippen molar-refractivity contribution in [1.82, 2.24) is 19.6 Å². The second-order valence-corrected chi connectivity index (χ2v) is 4.19. The van der Waals surface area contributed by atoms with E-state index in [1.807, 2.05) is 24.6 Å². The largest absolute Gasteiger partial charge is 0.458 e. The van der Waals surface area contributed by atoms with Gasteiger partial charge < -0.3 is 10.5 Å². The second-order valence-electron chi connectivity index (χ2n) is 4.19. The van der Waals surface area contributed by atoms with E-state index < -0.39 is 0 Å². The number of carbonyl (C=O) groups excluding carboxylic acids is 1. The highest BCUT2D eigenvalue weighted by atomic mass is 16.5. The predicted octanol–water partition coefficient (Wildman–Crippen LogP) is 0.734. The summed E-state index contributed by atoms with van der Waals surface area (Å²) in [5.74, 6) is 0.0251. The van der Waals surface area contributed by atoms with E-state index in [-0.39, 0.29) is 19.1 Å². The Morgan fingerprint density at radius 1 is 1.47 bits per heavy atom. The molecule has 19 heavy (non-hydrogen) atoms. The smallest absolute Gasteiger partial charge is 0.328 e. The lowest BCUT2D eigenvalue weighted by Gasteiger charge is -2.06. The number of rotatable bonds is 5. The number of anilines is 1. The topological polar surface area (TPSA) is 88.0 Å². The summed E-state index contributed by atoms with van der Waals surface area (Å²) in [6, 6.07) is 3.53. The first-order valence-corrected chi connectivity index (χ1v) is 6.06. The number of carbonyl (C=O) groups is 1. The van der Waals surface area contributed by atoms with Gasteiger partial charge in [0.25, 0.3) is 0 Å². The number of ether oxygens (including phenoxy) is 1. The molecule has 0 amide bonds. The van der Waals surface area contributed by atoms with Crippen molar-refractivity contribution in [3.8, 4) is 0 Å². The molecule has 0 aromatic carbocycles. The van der Waals surface area contributed by atoms with Crippen molar-refractivity contribution < 1.29 is 9.53 Å². The third kappa shape index (κ3) is 3.34. The predicted molar refractivity (Wildman–Crippen MR) is 69.1 cm³/mol. The van der Waals surface area contributed by atoms with Gasteiger partial charge in [-0.05, 0) is 26.0 Å². The summed E-state index contributed by atoms with van der Waals surface area (Å²) < 4.78 is 8.45. The molecule has 0 aliphatic rings. The quantitative estimate of drug-likeness (QED) is 0.803. The van der Waals surface area contributed by atoms with Crippen LogP contribution in [0.4, 0.5) is 5.82 Å². The van der Waals surface area contributed by atoms with Gasteiger partial charge in [-0.2, -0.15) is 10.2 Å². The van der Waals surface area contributed by atoms with Crippen LogP contribution in [0, 0.1) is 6.92 Å². The Bertz CT molecular complexity index is 572. The fraction of sp³-hybridized carbons (Fsp3) is 0.417. The third-order valence-electron chi connectivity index (χ3n) is 2.62. The molecule has 102 valence electrons. The molecule has 2 N–H and O–H groups in total. The normalized spacial score (nSPS) is 10.6. The maximum atomic E-state index is 11.6. The van der Waals surface area contributed by atoms with Crippen LogP contribution >= 0.6 is 0 Å². The Kier molecular flexibility index (Phi) is 3.84. The molecule has 2 aromatic rings. The van der Waals surface area contributed by atoms with Gasteiger partial charge in [0.05, 0.1) is 11.4 Å². The van der Waals surface area contributed by atoms with Gasteiger partial charge >= 0.3 is 5.97 Å². The Labute approximate surface area is 111 Å². The van der Waals surface area contributed by atoms with Crippen LogP contribution in [0.3, 0.4) is 0 Å². The molecule has 0 aliphatic carbocycles. The molecule has 0 aliphatic heterocycles. The summed E-state index contributed by atoms with van der Waals surface area (Å²) in [7, 11) is 0. The Morgan fingerprint density at radius 3 is 2.89 bits per heavy atom. The van der Waals surface area contributed by atoms with Crippen molar-refractivity contribution in [3.05, 3.63) is 29.7 Å². The number of nitrogens with two attached hydrogens (primary N) is 1. The lowest BCUT2D eigenvalue weighted by atomic mass is 10.4. The third-order valence-corrected chi connectivity index (χ3v) is 2.62. The molecule has 0 fully saturated rings. The monoisotopic (exact) mass is 263 g/mol. The zero-order chi connectivity index (χ0) is 13.8. The average Bonchev–Trinajstić information content (AvgIpc) is 2.92. The minimum Gasteiger partial charge on any atom is -0.458 e. The molecule has 0 radical (unpaired) electrons. The standard InChI is InChI=1S/C12H17N5O2/c1-3-17-10(6-9(2)14-17)8-19-12(18)7-16-5-4-11(13)15-16/h4-6H,3,7-8H2,1-2H3,(H2,13,15). The zero-order valence-electron chi connectivity index (χ0n) is 11.0. The molecule has 7 nitrogen and oxygen atoms in total. The molecule has 7 heteroatoms. The van der Waals surface area contributed by atoms with Crippen molar-refractivity contribution in [2.45, 2.75) is 33.5 Å².